The van der Waals surface area contributed by atoms with E-state index in [0.717, 1.165) is 5.56 Å². The van der Waals surface area contributed by atoms with Crippen LogP contribution in [0.3, 0.4) is 0 Å². The van der Waals surface area contributed by atoms with Gasteiger partial charge in [-0.25, -0.2) is 4.79 Å². The maximum absolute atomic E-state index is 11.9. The van der Waals surface area contributed by atoms with Crippen molar-refractivity contribution in [2.45, 2.75) is 13.2 Å². The van der Waals surface area contributed by atoms with Crippen molar-refractivity contribution in [3.8, 4) is 23.1 Å². The molecule has 158 valence electrons. The molecule has 0 aliphatic rings. The second-order valence-corrected chi connectivity index (χ2v) is 7.08. The van der Waals surface area contributed by atoms with Gasteiger partial charge in [-0.2, -0.15) is 0 Å². The minimum absolute atomic E-state index is 0.149. The van der Waals surface area contributed by atoms with Crippen LogP contribution >= 0.6 is 15.9 Å². The minimum Gasteiger partial charge on any atom is -0.489 e. The van der Waals surface area contributed by atoms with Gasteiger partial charge in [0, 0.05) is 0 Å². The summed E-state index contributed by atoms with van der Waals surface area (Å²) in [7, 11) is 0. The van der Waals surface area contributed by atoms with E-state index in [4.69, 9.17) is 23.0 Å². The average Bonchev–Trinajstić information content (AvgIpc) is 3.45. The van der Waals surface area contributed by atoms with Crippen molar-refractivity contribution in [3.63, 3.8) is 0 Å². The lowest BCUT2D eigenvalue weighted by Gasteiger charge is -2.08. The van der Waals surface area contributed by atoms with E-state index in [-0.39, 0.29) is 25.0 Å². The summed E-state index contributed by atoms with van der Waals surface area (Å²) in [5.41, 5.74) is 1.08. The first kappa shape index (κ1) is 20.7. The van der Waals surface area contributed by atoms with Gasteiger partial charge >= 0.3 is 5.97 Å². The SMILES string of the molecule is O=C(COc1ccc(OCc2ccccc2)cc1)OCc1nnc(-c2ccc(Br)o2)o1. The zero-order valence-electron chi connectivity index (χ0n) is 16.2. The van der Waals surface area contributed by atoms with Gasteiger partial charge in [0.15, 0.2) is 23.6 Å². The maximum atomic E-state index is 11.9. The van der Waals surface area contributed by atoms with Crippen molar-refractivity contribution < 1.29 is 27.8 Å². The fraction of sp³-hybridized carbons (Fsp3) is 0.136. The number of hydrogen-bond donors (Lipinski definition) is 0. The van der Waals surface area contributed by atoms with Crippen molar-refractivity contribution in [1.29, 1.82) is 0 Å². The number of esters is 1. The number of ether oxygens (including phenoxy) is 3. The first-order valence-corrected chi connectivity index (χ1v) is 10.1. The van der Waals surface area contributed by atoms with Gasteiger partial charge in [0.1, 0.15) is 18.1 Å². The third-order valence-corrected chi connectivity index (χ3v) is 4.46. The summed E-state index contributed by atoms with van der Waals surface area (Å²) in [4.78, 5) is 11.9. The third-order valence-electron chi connectivity index (χ3n) is 4.04. The van der Waals surface area contributed by atoms with Crippen LogP contribution in [0.15, 0.2) is 80.2 Å². The predicted molar refractivity (Wildman–Crippen MR) is 112 cm³/mol. The highest BCUT2D eigenvalue weighted by Crippen LogP contribution is 2.24. The Labute approximate surface area is 185 Å². The summed E-state index contributed by atoms with van der Waals surface area (Å²) in [5, 5.41) is 7.67. The van der Waals surface area contributed by atoms with Gasteiger partial charge in [-0.1, -0.05) is 30.3 Å². The van der Waals surface area contributed by atoms with Gasteiger partial charge in [0.05, 0.1) is 0 Å². The van der Waals surface area contributed by atoms with E-state index in [0.29, 0.717) is 28.5 Å². The molecule has 0 atom stereocenters. The standard InChI is InChI=1S/C22H17BrN2O6/c23-19-11-10-18(30-19)22-25-24-20(31-22)13-29-21(26)14-28-17-8-6-16(7-9-17)27-12-15-4-2-1-3-5-15/h1-11H,12-14H2. The topological polar surface area (TPSA) is 96.8 Å². The summed E-state index contributed by atoms with van der Waals surface area (Å²) >= 11 is 3.20. The smallest absolute Gasteiger partial charge is 0.344 e. The van der Waals surface area contributed by atoms with Crippen LogP contribution in [-0.2, 0) is 22.7 Å². The van der Waals surface area contributed by atoms with Crippen molar-refractivity contribution in [3.05, 3.63) is 82.9 Å². The molecule has 0 saturated carbocycles. The Bertz CT molecular complexity index is 1120. The number of halogens is 1. The maximum Gasteiger partial charge on any atom is 0.344 e. The van der Waals surface area contributed by atoms with Crippen molar-refractivity contribution in [2.75, 3.05) is 6.61 Å². The Morgan fingerprint density at radius 2 is 1.58 bits per heavy atom. The predicted octanol–water partition coefficient (Wildman–Crippen LogP) is 4.79. The van der Waals surface area contributed by atoms with Gasteiger partial charge in [-0.15, -0.1) is 10.2 Å². The van der Waals surface area contributed by atoms with Crippen LogP contribution < -0.4 is 9.47 Å². The van der Waals surface area contributed by atoms with Gasteiger partial charge in [0.2, 0.25) is 0 Å². The first-order valence-electron chi connectivity index (χ1n) is 9.29. The van der Waals surface area contributed by atoms with Crippen LogP contribution in [0, 0.1) is 0 Å². The molecule has 0 radical (unpaired) electrons. The molecule has 0 aliphatic heterocycles. The lowest BCUT2D eigenvalue weighted by molar-refractivity contribution is -0.148. The molecular weight excluding hydrogens is 468 g/mol. The molecule has 4 rings (SSSR count). The lowest BCUT2D eigenvalue weighted by Crippen LogP contribution is -2.14. The molecule has 9 heteroatoms. The van der Waals surface area contributed by atoms with Crippen molar-refractivity contribution in [1.82, 2.24) is 10.2 Å². The van der Waals surface area contributed by atoms with E-state index < -0.39 is 5.97 Å². The Morgan fingerprint density at radius 1 is 0.839 bits per heavy atom. The quantitative estimate of drug-likeness (QED) is 0.312. The molecular formula is C22H17BrN2O6. The number of aromatic nitrogens is 2. The lowest BCUT2D eigenvalue weighted by atomic mass is 10.2. The summed E-state index contributed by atoms with van der Waals surface area (Å²) in [6, 6.07) is 20.3. The second-order valence-electron chi connectivity index (χ2n) is 6.30. The molecule has 0 spiro atoms. The number of nitrogens with zero attached hydrogens (tertiary/aromatic N) is 2. The van der Waals surface area contributed by atoms with Crippen molar-refractivity contribution >= 4 is 21.9 Å². The van der Waals surface area contributed by atoms with E-state index in [1.54, 1.807) is 36.4 Å². The summed E-state index contributed by atoms with van der Waals surface area (Å²) in [6.45, 7) is 0.0572. The largest absolute Gasteiger partial charge is 0.489 e. The normalized spacial score (nSPS) is 10.6. The number of carbonyl (C=O) groups is 1. The molecule has 0 amide bonds. The number of carbonyl (C=O) groups excluding carboxylic acids is 1. The van der Waals surface area contributed by atoms with E-state index in [1.807, 2.05) is 30.3 Å². The van der Waals surface area contributed by atoms with Crippen molar-refractivity contribution in [2.24, 2.45) is 0 Å². The molecule has 0 N–H and O–H groups in total. The summed E-state index contributed by atoms with van der Waals surface area (Å²) in [6.07, 6.45) is 0. The van der Waals surface area contributed by atoms with Crippen LogP contribution in [0.25, 0.3) is 11.7 Å². The fourth-order valence-corrected chi connectivity index (χ4v) is 2.85. The van der Waals surface area contributed by atoms with Crippen LogP contribution in [0.4, 0.5) is 0 Å². The fourth-order valence-electron chi connectivity index (χ4n) is 2.54. The molecule has 0 unspecified atom stereocenters. The molecule has 0 saturated heterocycles. The van der Waals surface area contributed by atoms with E-state index in [9.17, 15) is 4.79 Å². The molecule has 0 fully saturated rings. The van der Waals surface area contributed by atoms with E-state index in [2.05, 4.69) is 26.1 Å². The molecule has 8 nitrogen and oxygen atoms in total. The van der Waals surface area contributed by atoms with Crippen LogP contribution in [0.2, 0.25) is 0 Å². The molecule has 2 aromatic heterocycles. The second kappa shape index (κ2) is 9.94. The highest BCUT2D eigenvalue weighted by Gasteiger charge is 2.14. The van der Waals surface area contributed by atoms with Crippen LogP contribution in [0.5, 0.6) is 11.5 Å². The number of benzene rings is 2. The minimum atomic E-state index is -0.565. The zero-order chi connectivity index (χ0) is 21.5. The van der Waals surface area contributed by atoms with Gasteiger partial charge < -0.3 is 23.0 Å². The van der Waals surface area contributed by atoms with E-state index in [1.165, 1.54) is 0 Å². The molecule has 2 aromatic carbocycles. The third kappa shape index (κ3) is 5.95. The first-order chi connectivity index (χ1) is 15.2. The molecule has 2 heterocycles. The molecule has 0 aliphatic carbocycles. The van der Waals surface area contributed by atoms with Crippen LogP contribution in [0.1, 0.15) is 11.5 Å². The Hall–Kier alpha value is -3.59. The Balaban J connectivity index is 1.19. The van der Waals surface area contributed by atoms with Gasteiger partial charge in [-0.3, -0.25) is 0 Å². The molecule has 0 bridgehead atoms. The summed E-state index contributed by atoms with van der Waals surface area (Å²) in [5.74, 6) is 1.42. The van der Waals surface area contributed by atoms with Crippen LogP contribution in [-0.4, -0.2) is 22.8 Å². The van der Waals surface area contributed by atoms with E-state index >= 15 is 0 Å². The Morgan fingerprint density at radius 3 is 2.29 bits per heavy atom. The number of furan rings is 1. The number of rotatable bonds is 9. The summed E-state index contributed by atoms with van der Waals surface area (Å²) < 4.78 is 27.5. The number of hydrogen-bond acceptors (Lipinski definition) is 8. The van der Waals surface area contributed by atoms with Gasteiger partial charge in [0.25, 0.3) is 11.8 Å². The van der Waals surface area contributed by atoms with Gasteiger partial charge in [-0.05, 0) is 57.9 Å². The highest BCUT2D eigenvalue weighted by molar-refractivity contribution is 9.10. The Kier molecular flexibility index (Phi) is 6.63. The molecule has 31 heavy (non-hydrogen) atoms. The zero-order valence-corrected chi connectivity index (χ0v) is 17.8. The highest BCUT2D eigenvalue weighted by atomic mass is 79.9. The molecule has 4 aromatic rings. The monoisotopic (exact) mass is 484 g/mol. The average molecular weight is 485 g/mol.